The molecule has 2 aliphatic rings. The number of aryl methyl sites for hydroxylation is 1. The lowest BCUT2D eigenvalue weighted by atomic mass is 9.75. The van der Waals surface area contributed by atoms with E-state index in [0.717, 1.165) is 6.42 Å². The average Bonchev–Trinajstić information content (AvgIpc) is 2.99. The molecule has 22 heavy (non-hydrogen) atoms. The molecule has 0 atom stereocenters. The molecule has 0 fully saturated rings. The van der Waals surface area contributed by atoms with Crippen molar-refractivity contribution in [3.8, 4) is 0 Å². The van der Waals surface area contributed by atoms with Gasteiger partial charge in [-0.25, -0.2) is 0 Å². The summed E-state index contributed by atoms with van der Waals surface area (Å²) in [6.07, 6.45) is 6.85. The van der Waals surface area contributed by atoms with Crippen LogP contribution < -0.4 is 0 Å². The van der Waals surface area contributed by atoms with Crippen LogP contribution in [-0.4, -0.2) is 0 Å². The summed E-state index contributed by atoms with van der Waals surface area (Å²) in [5, 5.41) is 0. The molecular weight excluding hydrogens is 264 g/mol. The van der Waals surface area contributed by atoms with Crippen molar-refractivity contribution in [3.05, 3.63) is 75.4 Å². The molecule has 0 saturated carbocycles. The van der Waals surface area contributed by atoms with Crippen molar-refractivity contribution in [1.29, 1.82) is 0 Å². The van der Waals surface area contributed by atoms with Crippen LogP contribution in [0.25, 0.3) is 5.57 Å². The molecule has 2 aliphatic carbocycles. The van der Waals surface area contributed by atoms with Gasteiger partial charge >= 0.3 is 0 Å². The first-order valence-electron chi connectivity index (χ1n) is 8.12. The lowest BCUT2D eigenvalue weighted by Crippen LogP contribution is -2.15. The van der Waals surface area contributed by atoms with Crippen LogP contribution in [0.1, 0.15) is 52.2 Å². The monoisotopic (exact) mass is 289 g/mol. The van der Waals surface area contributed by atoms with Gasteiger partial charge in [-0.15, -0.1) is 0 Å². The van der Waals surface area contributed by atoms with E-state index in [0.29, 0.717) is 0 Å². The van der Waals surface area contributed by atoms with Crippen LogP contribution in [-0.2, 0) is 0 Å². The Kier molecular flexibility index (Phi) is 3.51. The van der Waals surface area contributed by atoms with Crippen LogP contribution in [0.3, 0.4) is 0 Å². The van der Waals surface area contributed by atoms with E-state index in [1.54, 1.807) is 0 Å². The molecule has 0 heterocycles. The maximum atomic E-state index is 3.58. The zero-order valence-electron chi connectivity index (χ0n) is 14.6. The summed E-state index contributed by atoms with van der Waals surface area (Å²) in [7, 11) is 0. The zero-order chi connectivity index (χ0) is 16.1. The lowest BCUT2D eigenvalue weighted by Gasteiger charge is -2.28. The third-order valence-corrected chi connectivity index (χ3v) is 5.53. The van der Waals surface area contributed by atoms with Crippen molar-refractivity contribution in [2.24, 2.45) is 5.41 Å². The van der Waals surface area contributed by atoms with Gasteiger partial charge in [-0.05, 0) is 73.6 Å². The molecule has 0 saturated heterocycles. The second kappa shape index (κ2) is 5.12. The first-order chi connectivity index (χ1) is 10.3. The van der Waals surface area contributed by atoms with E-state index in [1.807, 2.05) is 0 Å². The van der Waals surface area contributed by atoms with Gasteiger partial charge in [-0.3, -0.25) is 0 Å². The molecule has 0 bridgehead atoms. The first-order valence-corrected chi connectivity index (χ1v) is 8.12. The summed E-state index contributed by atoms with van der Waals surface area (Å²) in [4.78, 5) is 0. The van der Waals surface area contributed by atoms with E-state index in [-0.39, 0.29) is 5.41 Å². The topological polar surface area (TPSA) is 0 Å². The van der Waals surface area contributed by atoms with Gasteiger partial charge in [0, 0.05) is 5.41 Å². The normalized spacial score (nSPS) is 20.6. The maximum absolute atomic E-state index is 3.58. The van der Waals surface area contributed by atoms with Crippen molar-refractivity contribution in [1.82, 2.24) is 0 Å². The second-order valence-corrected chi connectivity index (χ2v) is 7.11. The van der Waals surface area contributed by atoms with Crippen LogP contribution in [0, 0.1) is 18.4 Å². The first kappa shape index (κ1) is 15.1. The molecule has 113 valence electrons. The Bertz CT molecular complexity index is 744. The molecular formula is C22H25. The highest BCUT2D eigenvalue weighted by atomic mass is 14.4. The van der Waals surface area contributed by atoms with Crippen LogP contribution >= 0.6 is 0 Å². The van der Waals surface area contributed by atoms with Crippen molar-refractivity contribution in [2.75, 3.05) is 0 Å². The van der Waals surface area contributed by atoms with Gasteiger partial charge in [0.1, 0.15) is 0 Å². The fourth-order valence-electron chi connectivity index (χ4n) is 3.79. The van der Waals surface area contributed by atoms with E-state index in [1.165, 1.54) is 44.6 Å². The number of benzene rings is 1. The minimum atomic E-state index is 0.113. The second-order valence-electron chi connectivity index (χ2n) is 7.11. The third kappa shape index (κ3) is 2.13. The van der Waals surface area contributed by atoms with Gasteiger partial charge < -0.3 is 0 Å². The van der Waals surface area contributed by atoms with Crippen LogP contribution in [0.2, 0.25) is 0 Å². The van der Waals surface area contributed by atoms with E-state index in [9.17, 15) is 0 Å². The third-order valence-electron chi connectivity index (χ3n) is 5.53. The molecule has 0 spiro atoms. The van der Waals surface area contributed by atoms with E-state index >= 15 is 0 Å². The van der Waals surface area contributed by atoms with Crippen LogP contribution in [0.15, 0.2) is 58.2 Å². The summed E-state index contributed by atoms with van der Waals surface area (Å²) in [6, 6.07) is 8.83. The highest BCUT2D eigenvalue weighted by Gasteiger charge is 2.37. The van der Waals surface area contributed by atoms with Gasteiger partial charge in [-0.2, -0.15) is 0 Å². The minimum Gasteiger partial charge on any atom is -0.0719 e. The average molecular weight is 289 g/mol. The Hall–Kier alpha value is -1.82. The van der Waals surface area contributed by atoms with Gasteiger partial charge in [0.05, 0.1) is 0 Å². The predicted octanol–water partition coefficient (Wildman–Crippen LogP) is 6.20. The van der Waals surface area contributed by atoms with Gasteiger partial charge in [-0.1, -0.05) is 55.3 Å². The highest BCUT2D eigenvalue weighted by Crippen LogP contribution is 2.52. The molecule has 1 aromatic carbocycles. The molecule has 1 radical (unpaired) electrons. The van der Waals surface area contributed by atoms with E-state index < -0.39 is 0 Å². The molecule has 0 nitrogen and oxygen atoms in total. The Balaban J connectivity index is 2.07. The van der Waals surface area contributed by atoms with Crippen LogP contribution in [0.4, 0.5) is 0 Å². The summed E-state index contributed by atoms with van der Waals surface area (Å²) >= 11 is 0. The van der Waals surface area contributed by atoms with E-state index in [4.69, 9.17) is 0 Å². The SMILES string of the molecule is CC1=C(C)C(C)(C)C(C2=CC[C]=C2c2ccc(C)cc2)=C1C. The predicted molar refractivity (Wildman–Crippen MR) is 95.4 cm³/mol. The standard InChI is InChI=1S/C22H25/c1-14-10-12-18(13-11-14)19-8-7-9-20(19)21-16(3)15(2)17(4)22(21,5)6/h9-13H,7H2,1-6H3. The molecule has 0 N–H and O–H groups in total. The molecule has 3 rings (SSSR count). The number of hydrogen-bond acceptors (Lipinski definition) is 0. The smallest absolute Gasteiger partial charge is 0.0117 e. The quantitative estimate of drug-likeness (QED) is 0.607. The van der Waals surface area contributed by atoms with Crippen LogP contribution in [0.5, 0.6) is 0 Å². The molecule has 0 unspecified atom stereocenters. The fraction of sp³-hybridized carbons (Fsp3) is 0.364. The summed E-state index contributed by atoms with van der Waals surface area (Å²) < 4.78 is 0. The van der Waals surface area contributed by atoms with Gasteiger partial charge in [0.25, 0.3) is 0 Å². The highest BCUT2D eigenvalue weighted by molar-refractivity contribution is 5.86. The van der Waals surface area contributed by atoms with Crippen molar-refractivity contribution in [3.63, 3.8) is 0 Å². The minimum absolute atomic E-state index is 0.113. The van der Waals surface area contributed by atoms with Gasteiger partial charge in [0.15, 0.2) is 0 Å². The maximum Gasteiger partial charge on any atom is 0.0117 e. The number of rotatable bonds is 2. The number of hydrogen-bond donors (Lipinski definition) is 0. The Labute approximate surface area is 135 Å². The van der Waals surface area contributed by atoms with Crippen molar-refractivity contribution in [2.45, 2.75) is 48.0 Å². The van der Waals surface area contributed by atoms with Crippen molar-refractivity contribution >= 4 is 5.57 Å². The Morgan fingerprint density at radius 3 is 2.09 bits per heavy atom. The summed E-state index contributed by atoms with van der Waals surface area (Å²) in [5.41, 5.74) is 11.3. The summed E-state index contributed by atoms with van der Waals surface area (Å²) in [5.74, 6) is 0. The number of allylic oxidation sites excluding steroid dienone is 8. The molecule has 1 aromatic rings. The molecule has 0 aromatic heterocycles. The zero-order valence-corrected chi connectivity index (χ0v) is 14.6. The Morgan fingerprint density at radius 2 is 1.55 bits per heavy atom. The van der Waals surface area contributed by atoms with E-state index in [2.05, 4.69) is 78.0 Å². The molecule has 0 amide bonds. The fourth-order valence-corrected chi connectivity index (χ4v) is 3.79. The lowest BCUT2D eigenvalue weighted by molar-refractivity contribution is 0.557. The largest absolute Gasteiger partial charge is 0.0719 e. The molecule has 0 heteroatoms. The van der Waals surface area contributed by atoms with Crippen molar-refractivity contribution < 1.29 is 0 Å². The summed E-state index contributed by atoms with van der Waals surface area (Å²) in [6.45, 7) is 13.6. The Morgan fingerprint density at radius 1 is 0.909 bits per heavy atom. The molecule has 0 aliphatic heterocycles. The van der Waals surface area contributed by atoms with Gasteiger partial charge in [0.2, 0.25) is 0 Å².